The second-order valence-electron chi connectivity index (χ2n) is 5.41. The van der Waals surface area contributed by atoms with Crippen LogP contribution in [0, 0.1) is 0 Å². The highest BCUT2D eigenvalue weighted by Gasteiger charge is 2.15. The van der Waals surface area contributed by atoms with E-state index in [1.165, 1.54) is 32.8 Å². The highest BCUT2D eigenvalue weighted by atomic mass is 35.5. The van der Waals surface area contributed by atoms with Gasteiger partial charge in [-0.3, -0.25) is 4.79 Å². The van der Waals surface area contributed by atoms with Crippen LogP contribution in [0.2, 0.25) is 0 Å². The number of rotatable bonds is 13. The minimum Gasteiger partial charge on any atom is -0.469 e. The lowest BCUT2D eigenvalue weighted by Crippen LogP contribution is -2.14. The number of alkyl halides is 2. The molecule has 2 nitrogen and oxygen atoms in total. The van der Waals surface area contributed by atoms with Gasteiger partial charge in [0, 0.05) is 17.2 Å². The molecule has 0 spiro atoms. The second kappa shape index (κ2) is 14.0. The zero-order valence-corrected chi connectivity index (χ0v) is 14.5. The van der Waals surface area contributed by atoms with Crippen molar-refractivity contribution in [1.82, 2.24) is 0 Å². The molecular weight excluding hydrogens is 295 g/mol. The quantitative estimate of drug-likeness (QED) is 0.247. The predicted molar refractivity (Wildman–Crippen MR) is 87.8 cm³/mol. The van der Waals surface area contributed by atoms with E-state index in [0.717, 1.165) is 38.5 Å². The molecule has 0 fully saturated rings. The van der Waals surface area contributed by atoms with Crippen molar-refractivity contribution >= 4 is 29.2 Å². The molecule has 20 heavy (non-hydrogen) atoms. The van der Waals surface area contributed by atoms with E-state index in [1.54, 1.807) is 0 Å². The van der Waals surface area contributed by atoms with Gasteiger partial charge >= 0.3 is 5.97 Å². The minimum atomic E-state index is -0.102. The van der Waals surface area contributed by atoms with E-state index in [2.05, 4.69) is 11.7 Å². The molecule has 0 rings (SSSR count). The van der Waals surface area contributed by atoms with Crippen LogP contribution in [0.4, 0.5) is 0 Å². The fourth-order valence-electron chi connectivity index (χ4n) is 2.18. The normalized spacial score (nSPS) is 14.0. The molecule has 0 aliphatic carbocycles. The molecule has 0 aromatic rings. The molecule has 0 saturated heterocycles. The van der Waals surface area contributed by atoms with Crippen LogP contribution in [-0.4, -0.2) is 23.8 Å². The summed E-state index contributed by atoms with van der Waals surface area (Å²) in [5.41, 5.74) is 0. The van der Waals surface area contributed by atoms with Crippen molar-refractivity contribution in [2.45, 2.75) is 88.3 Å². The van der Waals surface area contributed by atoms with Gasteiger partial charge in [0.2, 0.25) is 0 Å². The Labute approximate surface area is 134 Å². The van der Waals surface area contributed by atoms with E-state index in [0.29, 0.717) is 6.42 Å². The van der Waals surface area contributed by atoms with Crippen LogP contribution < -0.4 is 0 Å². The van der Waals surface area contributed by atoms with Crippen molar-refractivity contribution in [1.29, 1.82) is 0 Å². The first-order chi connectivity index (χ1) is 9.61. The van der Waals surface area contributed by atoms with E-state index >= 15 is 0 Å². The lowest BCUT2D eigenvalue weighted by Gasteiger charge is -2.15. The topological polar surface area (TPSA) is 26.3 Å². The molecule has 2 atom stereocenters. The molecular formula is C16H30Cl2O2. The number of ether oxygens (including phenoxy) is 1. The monoisotopic (exact) mass is 324 g/mol. The number of unbranched alkanes of at least 4 members (excludes halogenated alkanes) is 6. The Kier molecular flexibility index (Phi) is 14.0. The molecule has 0 unspecified atom stereocenters. The van der Waals surface area contributed by atoms with Crippen molar-refractivity contribution in [2.24, 2.45) is 0 Å². The average Bonchev–Trinajstić information content (AvgIpc) is 2.46. The lowest BCUT2D eigenvalue weighted by molar-refractivity contribution is -0.140. The molecule has 0 aromatic heterocycles. The standard InChI is InChI=1S/C16H30Cl2O2/c1-3-4-11-14(17)15(18)12-9-7-5-6-8-10-13-16(19)20-2/h14-15H,3-13H2,1-2H3/t14-,15-/m1/s1. The van der Waals surface area contributed by atoms with Crippen molar-refractivity contribution < 1.29 is 9.53 Å². The maximum atomic E-state index is 10.9. The summed E-state index contributed by atoms with van der Waals surface area (Å²) in [7, 11) is 1.44. The highest BCUT2D eigenvalue weighted by molar-refractivity contribution is 6.29. The SMILES string of the molecule is CCCC[C@@H](Cl)[C@H](Cl)CCCCCCCCC(=O)OC. The molecule has 0 aliphatic rings. The molecule has 0 radical (unpaired) electrons. The summed E-state index contributed by atoms with van der Waals surface area (Å²) in [6.07, 6.45) is 11.7. The minimum absolute atomic E-state index is 0.102. The van der Waals surface area contributed by atoms with Crippen molar-refractivity contribution in [3.8, 4) is 0 Å². The zero-order chi connectivity index (χ0) is 15.2. The summed E-state index contributed by atoms with van der Waals surface area (Å²) in [5.74, 6) is -0.102. The maximum absolute atomic E-state index is 10.9. The van der Waals surface area contributed by atoms with Gasteiger partial charge in [-0.15, -0.1) is 23.2 Å². The van der Waals surface area contributed by atoms with E-state index in [1.807, 2.05) is 0 Å². The van der Waals surface area contributed by atoms with Crippen LogP contribution in [-0.2, 0) is 9.53 Å². The number of esters is 1. The Bertz CT molecular complexity index is 235. The van der Waals surface area contributed by atoms with Crippen LogP contribution in [0.3, 0.4) is 0 Å². The fraction of sp³-hybridized carbons (Fsp3) is 0.938. The van der Waals surface area contributed by atoms with Gasteiger partial charge in [0.1, 0.15) is 0 Å². The summed E-state index contributed by atoms with van der Waals surface area (Å²) in [6.45, 7) is 2.17. The van der Waals surface area contributed by atoms with E-state index in [4.69, 9.17) is 23.2 Å². The summed E-state index contributed by atoms with van der Waals surface area (Å²) < 4.78 is 4.61. The molecule has 0 bridgehead atoms. The summed E-state index contributed by atoms with van der Waals surface area (Å²) in [5, 5.41) is 0.235. The molecule has 0 aromatic carbocycles. The third-order valence-corrected chi connectivity index (χ3v) is 4.74. The van der Waals surface area contributed by atoms with Gasteiger partial charge in [0.05, 0.1) is 7.11 Å². The number of methoxy groups -OCH3 is 1. The van der Waals surface area contributed by atoms with Crippen LogP contribution in [0.25, 0.3) is 0 Å². The Hall–Kier alpha value is 0.0500. The Morgan fingerprint density at radius 1 is 0.900 bits per heavy atom. The lowest BCUT2D eigenvalue weighted by atomic mass is 10.0. The first-order valence-corrected chi connectivity index (χ1v) is 8.84. The Morgan fingerprint density at radius 3 is 1.95 bits per heavy atom. The Balaban J connectivity index is 3.32. The van der Waals surface area contributed by atoms with Crippen molar-refractivity contribution in [3.63, 3.8) is 0 Å². The van der Waals surface area contributed by atoms with Gasteiger partial charge in [-0.2, -0.15) is 0 Å². The molecule has 0 N–H and O–H groups in total. The Morgan fingerprint density at radius 2 is 1.40 bits per heavy atom. The molecule has 0 heterocycles. The first-order valence-electron chi connectivity index (χ1n) is 7.96. The average molecular weight is 325 g/mol. The van der Waals surface area contributed by atoms with Crippen LogP contribution >= 0.6 is 23.2 Å². The van der Waals surface area contributed by atoms with E-state index in [9.17, 15) is 4.79 Å². The van der Waals surface area contributed by atoms with Gasteiger partial charge in [-0.05, 0) is 19.3 Å². The number of carbonyl (C=O) groups excluding carboxylic acids is 1. The molecule has 0 saturated carbocycles. The second-order valence-corrected chi connectivity index (χ2v) is 6.53. The highest BCUT2D eigenvalue weighted by Crippen LogP contribution is 2.22. The maximum Gasteiger partial charge on any atom is 0.305 e. The summed E-state index contributed by atoms with van der Waals surface area (Å²) >= 11 is 12.6. The van der Waals surface area contributed by atoms with Gasteiger partial charge < -0.3 is 4.74 Å². The molecule has 120 valence electrons. The fourth-order valence-corrected chi connectivity index (χ4v) is 2.74. The third kappa shape index (κ3) is 11.8. The van der Waals surface area contributed by atoms with Gasteiger partial charge in [0.15, 0.2) is 0 Å². The van der Waals surface area contributed by atoms with Crippen LogP contribution in [0.1, 0.15) is 77.6 Å². The number of carbonyl (C=O) groups is 1. The summed E-state index contributed by atoms with van der Waals surface area (Å²) in [6, 6.07) is 0. The van der Waals surface area contributed by atoms with Crippen molar-refractivity contribution in [3.05, 3.63) is 0 Å². The number of halogens is 2. The van der Waals surface area contributed by atoms with Crippen LogP contribution in [0.5, 0.6) is 0 Å². The zero-order valence-electron chi connectivity index (χ0n) is 13.0. The molecule has 0 amide bonds. The van der Waals surface area contributed by atoms with E-state index in [-0.39, 0.29) is 16.7 Å². The molecule has 4 heteroatoms. The number of hydrogen-bond donors (Lipinski definition) is 0. The number of hydrogen-bond acceptors (Lipinski definition) is 2. The van der Waals surface area contributed by atoms with Crippen molar-refractivity contribution in [2.75, 3.05) is 7.11 Å². The van der Waals surface area contributed by atoms with Crippen LogP contribution in [0.15, 0.2) is 0 Å². The van der Waals surface area contributed by atoms with Gasteiger partial charge in [-0.25, -0.2) is 0 Å². The van der Waals surface area contributed by atoms with Gasteiger partial charge in [0.25, 0.3) is 0 Å². The first kappa shape index (κ1) is 20.1. The molecule has 0 aliphatic heterocycles. The smallest absolute Gasteiger partial charge is 0.305 e. The van der Waals surface area contributed by atoms with Gasteiger partial charge in [-0.1, -0.05) is 51.9 Å². The largest absolute Gasteiger partial charge is 0.469 e. The van der Waals surface area contributed by atoms with E-state index < -0.39 is 0 Å². The predicted octanol–water partition coefficient (Wildman–Crippen LogP) is 5.69. The summed E-state index contributed by atoms with van der Waals surface area (Å²) in [4.78, 5) is 10.9. The third-order valence-electron chi connectivity index (χ3n) is 3.56.